The maximum Gasteiger partial charge on any atom is 0.350 e. The van der Waals surface area contributed by atoms with Crippen LogP contribution in [0.1, 0.15) is 35.1 Å². The Balaban J connectivity index is 1.43. The Bertz CT molecular complexity index is 1500. The smallest absolute Gasteiger partial charge is 0.350 e. The summed E-state index contributed by atoms with van der Waals surface area (Å²) >= 11 is 0. The average molecular weight is 544 g/mol. The number of aromatic nitrogens is 2. The Morgan fingerprint density at radius 1 is 1.02 bits per heavy atom. The van der Waals surface area contributed by atoms with E-state index in [1.54, 1.807) is 16.6 Å². The lowest BCUT2D eigenvalue weighted by molar-refractivity contribution is 0.218. The van der Waals surface area contributed by atoms with Crippen molar-refractivity contribution in [2.45, 2.75) is 46.6 Å². The molecule has 3 aliphatic rings. The van der Waals surface area contributed by atoms with E-state index in [2.05, 4.69) is 54.2 Å². The molecule has 40 heavy (non-hydrogen) atoms. The summed E-state index contributed by atoms with van der Waals surface area (Å²) in [6.45, 7) is 9.85. The van der Waals surface area contributed by atoms with Crippen molar-refractivity contribution in [3.8, 4) is 22.8 Å². The quantitative estimate of drug-likeness (QED) is 0.432. The molecular formula is C31H37N5O4. The first kappa shape index (κ1) is 26.2. The van der Waals surface area contributed by atoms with Crippen LogP contribution < -0.4 is 25.4 Å². The van der Waals surface area contributed by atoms with Gasteiger partial charge in [-0.05, 0) is 74.8 Å². The number of nitrogens with one attached hydrogen (secondary N) is 1. The molecule has 6 rings (SSSR count). The third-order valence-electron chi connectivity index (χ3n) is 8.16. The Hall–Kier alpha value is -4.01. The molecule has 1 N–H and O–H groups in total. The van der Waals surface area contributed by atoms with E-state index in [-0.39, 0.29) is 11.7 Å². The highest BCUT2D eigenvalue weighted by molar-refractivity contribution is 5.77. The summed E-state index contributed by atoms with van der Waals surface area (Å²) in [5.74, 6) is 2.64. The Kier molecular flexibility index (Phi) is 6.90. The second kappa shape index (κ2) is 10.5. The lowest BCUT2D eigenvalue weighted by Gasteiger charge is -2.31. The highest BCUT2D eigenvalue weighted by atomic mass is 16.5. The van der Waals surface area contributed by atoms with Crippen LogP contribution >= 0.6 is 0 Å². The number of nitrogens with zero attached hydrogens (tertiary/aromatic N) is 4. The molecule has 3 aromatic rings. The molecule has 0 spiro atoms. The lowest BCUT2D eigenvalue weighted by atomic mass is 9.96. The number of aryl methyl sites for hydroxylation is 4. The third-order valence-corrected chi connectivity index (χ3v) is 8.16. The van der Waals surface area contributed by atoms with Gasteiger partial charge in [0.05, 0.1) is 19.4 Å². The predicted octanol–water partition coefficient (Wildman–Crippen LogP) is 4.35. The Morgan fingerprint density at radius 3 is 2.48 bits per heavy atom. The van der Waals surface area contributed by atoms with Crippen molar-refractivity contribution in [1.82, 2.24) is 19.8 Å². The van der Waals surface area contributed by atoms with Gasteiger partial charge in [0.2, 0.25) is 0 Å². The molecule has 0 bridgehead atoms. The average Bonchev–Trinajstić information content (AvgIpc) is 3.67. The van der Waals surface area contributed by atoms with Gasteiger partial charge in [-0.25, -0.2) is 9.59 Å². The van der Waals surface area contributed by atoms with Gasteiger partial charge in [-0.2, -0.15) is 4.98 Å². The number of urea groups is 1. The first-order chi connectivity index (χ1) is 19.3. The van der Waals surface area contributed by atoms with Crippen LogP contribution in [0.5, 0.6) is 11.5 Å². The fourth-order valence-corrected chi connectivity index (χ4v) is 6.00. The number of carbonyl (C=O) groups excluding carboxylic acids is 1. The molecule has 2 aromatic carbocycles. The Labute approximate surface area is 234 Å². The molecule has 1 aromatic heterocycles. The highest BCUT2D eigenvalue weighted by Gasteiger charge is 2.27. The van der Waals surface area contributed by atoms with Gasteiger partial charge in [-0.3, -0.25) is 4.57 Å². The first-order valence-electron chi connectivity index (χ1n) is 14.2. The second-order valence-electron chi connectivity index (χ2n) is 11.2. The number of methoxy groups -OCH3 is 1. The van der Waals surface area contributed by atoms with E-state index in [4.69, 9.17) is 9.47 Å². The molecule has 0 unspecified atom stereocenters. The molecule has 210 valence electrons. The molecule has 0 atom stereocenters. The van der Waals surface area contributed by atoms with E-state index >= 15 is 0 Å². The van der Waals surface area contributed by atoms with Crippen LogP contribution in [-0.2, 0) is 13.0 Å². The SMILES string of the molecule is COc1cc2c(cc1OCC1CC1)CCn1c-2cc(N(CCN2CCNC2=O)c2c(C)cc(C)cc2C)nc1=O. The lowest BCUT2D eigenvalue weighted by Crippen LogP contribution is -2.37. The minimum atomic E-state index is -0.280. The maximum atomic E-state index is 13.5. The summed E-state index contributed by atoms with van der Waals surface area (Å²) < 4.78 is 13.6. The van der Waals surface area contributed by atoms with Gasteiger partial charge in [-0.15, -0.1) is 0 Å². The van der Waals surface area contributed by atoms with Crippen LogP contribution in [-0.4, -0.2) is 60.4 Å². The minimum Gasteiger partial charge on any atom is -0.493 e. The monoisotopic (exact) mass is 543 g/mol. The molecule has 0 radical (unpaired) electrons. The van der Waals surface area contributed by atoms with E-state index in [9.17, 15) is 9.59 Å². The van der Waals surface area contributed by atoms with E-state index in [1.165, 1.54) is 18.4 Å². The fourth-order valence-electron chi connectivity index (χ4n) is 6.00. The van der Waals surface area contributed by atoms with Crippen LogP contribution in [0, 0.1) is 26.7 Å². The zero-order valence-electron chi connectivity index (χ0n) is 23.7. The maximum absolute atomic E-state index is 13.5. The van der Waals surface area contributed by atoms with Crippen molar-refractivity contribution < 1.29 is 14.3 Å². The number of benzene rings is 2. The minimum absolute atomic E-state index is 0.0588. The fraction of sp³-hybridized carbons (Fsp3) is 0.452. The standard InChI is InChI=1S/C31H37N5O4/c1-19-13-20(2)29(21(3)14-19)36(12-11-34-10-8-32-30(34)37)28-17-25-24-16-26(39-4)27(40-18-22-5-6-22)15-23(24)7-9-35(25)31(38)33-28/h13-17,22H,5-12,18H2,1-4H3,(H,32,37). The molecule has 2 aliphatic heterocycles. The molecule has 9 nitrogen and oxygen atoms in total. The normalized spacial score (nSPS) is 15.9. The number of hydrogen-bond acceptors (Lipinski definition) is 6. The number of ether oxygens (including phenoxy) is 2. The molecule has 3 heterocycles. The van der Waals surface area contributed by atoms with Crippen LogP contribution in [0.2, 0.25) is 0 Å². The number of hydrogen-bond donors (Lipinski definition) is 1. The van der Waals surface area contributed by atoms with Crippen molar-refractivity contribution in [2.75, 3.05) is 44.8 Å². The van der Waals surface area contributed by atoms with Gasteiger partial charge in [-0.1, -0.05) is 17.7 Å². The largest absolute Gasteiger partial charge is 0.493 e. The molecule has 2 amide bonds. The van der Waals surface area contributed by atoms with Crippen molar-refractivity contribution in [3.63, 3.8) is 0 Å². The summed E-state index contributed by atoms with van der Waals surface area (Å²) in [6.07, 6.45) is 3.16. The van der Waals surface area contributed by atoms with Gasteiger partial charge in [0.15, 0.2) is 11.5 Å². The van der Waals surface area contributed by atoms with Gasteiger partial charge < -0.3 is 24.6 Å². The summed E-state index contributed by atoms with van der Waals surface area (Å²) in [7, 11) is 1.65. The highest BCUT2D eigenvalue weighted by Crippen LogP contribution is 2.41. The topological polar surface area (TPSA) is 88.9 Å². The number of fused-ring (bicyclic) bond motifs is 3. The van der Waals surface area contributed by atoms with Crippen molar-refractivity contribution in [1.29, 1.82) is 0 Å². The summed E-state index contributed by atoms with van der Waals surface area (Å²) in [5, 5.41) is 2.88. The van der Waals surface area contributed by atoms with Crippen molar-refractivity contribution >= 4 is 17.5 Å². The van der Waals surface area contributed by atoms with Crippen molar-refractivity contribution in [2.24, 2.45) is 5.92 Å². The van der Waals surface area contributed by atoms with Gasteiger partial charge in [0, 0.05) is 50.0 Å². The summed E-state index contributed by atoms with van der Waals surface area (Å²) in [5.41, 5.74) is 7.01. The Morgan fingerprint density at radius 2 is 1.80 bits per heavy atom. The third kappa shape index (κ3) is 5.00. The molecule has 9 heteroatoms. The van der Waals surface area contributed by atoms with Crippen LogP contribution in [0.4, 0.5) is 16.3 Å². The van der Waals surface area contributed by atoms with Crippen LogP contribution in [0.15, 0.2) is 35.1 Å². The summed E-state index contributed by atoms with van der Waals surface area (Å²) in [4.78, 5) is 34.2. The van der Waals surface area contributed by atoms with E-state index in [1.807, 2.05) is 12.1 Å². The molecule has 2 fully saturated rings. The molecule has 1 saturated carbocycles. The predicted molar refractivity (Wildman–Crippen MR) is 155 cm³/mol. The molecule has 1 aliphatic carbocycles. The zero-order valence-corrected chi connectivity index (χ0v) is 23.7. The molecular weight excluding hydrogens is 506 g/mol. The van der Waals surface area contributed by atoms with E-state index in [0.717, 1.165) is 45.8 Å². The van der Waals surface area contributed by atoms with E-state index in [0.29, 0.717) is 56.8 Å². The van der Waals surface area contributed by atoms with Crippen LogP contribution in [0.3, 0.4) is 0 Å². The summed E-state index contributed by atoms with van der Waals surface area (Å²) in [6, 6.07) is 10.3. The number of anilines is 2. The first-order valence-corrected chi connectivity index (χ1v) is 14.2. The second-order valence-corrected chi connectivity index (χ2v) is 11.2. The van der Waals surface area contributed by atoms with Gasteiger partial charge in [0.1, 0.15) is 5.82 Å². The van der Waals surface area contributed by atoms with Gasteiger partial charge in [0.25, 0.3) is 0 Å². The number of carbonyl (C=O) groups is 1. The zero-order chi connectivity index (χ0) is 28.0. The van der Waals surface area contributed by atoms with E-state index < -0.39 is 0 Å². The van der Waals surface area contributed by atoms with Gasteiger partial charge >= 0.3 is 11.7 Å². The number of rotatable bonds is 9. The number of amides is 2. The molecule has 1 saturated heterocycles. The van der Waals surface area contributed by atoms with Crippen molar-refractivity contribution in [3.05, 3.63) is 63.1 Å². The van der Waals surface area contributed by atoms with Crippen LogP contribution in [0.25, 0.3) is 11.3 Å².